The molecule has 0 bridgehead atoms. The highest BCUT2D eigenvalue weighted by atomic mass is 35.5. The highest BCUT2D eigenvalue weighted by Crippen LogP contribution is 2.26. The SMILES string of the molecule is CCOC1CCN(c2cc([N+](=O)[O-])cc(Cl)n2)CC1. The Hall–Kier alpha value is -1.40. The van der Waals surface area contributed by atoms with Gasteiger partial charge in [0.1, 0.15) is 11.0 Å². The van der Waals surface area contributed by atoms with Crippen LogP contribution in [0.25, 0.3) is 0 Å². The van der Waals surface area contributed by atoms with Crippen LogP contribution in [0.1, 0.15) is 19.8 Å². The topological polar surface area (TPSA) is 68.5 Å². The number of hydrogen-bond donors (Lipinski definition) is 0. The quantitative estimate of drug-likeness (QED) is 0.483. The van der Waals surface area contributed by atoms with Crippen molar-refractivity contribution in [2.45, 2.75) is 25.9 Å². The lowest BCUT2D eigenvalue weighted by Crippen LogP contribution is -2.37. The minimum absolute atomic E-state index is 0.0260. The Kier molecular flexibility index (Phi) is 4.55. The van der Waals surface area contributed by atoms with Gasteiger partial charge < -0.3 is 9.64 Å². The molecule has 1 saturated heterocycles. The number of nitrogens with zero attached hydrogens (tertiary/aromatic N) is 3. The van der Waals surface area contributed by atoms with Gasteiger partial charge in [-0.15, -0.1) is 0 Å². The van der Waals surface area contributed by atoms with E-state index in [1.165, 1.54) is 12.1 Å². The molecule has 0 aromatic carbocycles. The van der Waals surface area contributed by atoms with Crippen LogP contribution in [0, 0.1) is 10.1 Å². The number of nitro groups is 1. The number of ether oxygens (including phenoxy) is 1. The van der Waals surface area contributed by atoms with Crippen molar-refractivity contribution < 1.29 is 9.66 Å². The second kappa shape index (κ2) is 6.16. The third-order valence-electron chi connectivity index (χ3n) is 3.14. The number of piperidine rings is 1. The zero-order chi connectivity index (χ0) is 13.8. The van der Waals surface area contributed by atoms with Gasteiger partial charge in [-0.1, -0.05) is 11.6 Å². The van der Waals surface area contributed by atoms with Crippen LogP contribution in [-0.2, 0) is 4.74 Å². The first-order valence-electron chi connectivity index (χ1n) is 6.28. The van der Waals surface area contributed by atoms with Crippen LogP contribution in [0.4, 0.5) is 11.5 Å². The van der Waals surface area contributed by atoms with Gasteiger partial charge in [0.15, 0.2) is 0 Å². The normalized spacial score (nSPS) is 16.6. The molecule has 0 N–H and O–H groups in total. The van der Waals surface area contributed by atoms with Crippen LogP contribution in [0.15, 0.2) is 12.1 Å². The van der Waals surface area contributed by atoms with Crippen LogP contribution in [0.3, 0.4) is 0 Å². The monoisotopic (exact) mass is 285 g/mol. The smallest absolute Gasteiger partial charge is 0.276 e. The fourth-order valence-corrected chi connectivity index (χ4v) is 2.42. The van der Waals surface area contributed by atoms with Gasteiger partial charge in [0.2, 0.25) is 0 Å². The van der Waals surface area contributed by atoms with Crippen molar-refractivity contribution in [1.29, 1.82) is 0 Å². The molecule has 1 aromatic heterocycles. The number of pyridine rings is 1. The predicted octanol–water partition coefficient (Wildman–Crippen LogP) is 2.65. The number of rotatable bonds is 4. The molecule has 0 atom stereocenters. The second-order valence-electron chi connectivity index (χ2n) is 4.41. The molecule has 1 aliphatic rings. The first kappa shape index (κ1) is 14.0. The van der Waals surface area contributed by atoms with E-state index in [1.807, 2.05) is 11.8 Å². The van der Waals surface area contributed by atoms with E-state index >= 15 is 0 Å². The summed E-state index contributed by atoms with van der Waals surface area (Å²) < 4.78 is 5.57. The van der Waals surface area contributed by atoms with E-state index in [0.29, 0.717) is 12.4 Å². The van der Waals surface area contributed by atoms with Crippen molar-refractivity contribution in [2.24, 2.45) is 0 Å². The summed E-state index contributed by atoms with van der Waals surface area (Å²) in [5, 5.41) is 11.0. The lowest BCUT2D eigenvalue weighted by molar-refractivity contribution is -0.384. The van der Waals surface area contributed by atoms with Crippen molar-refractivity contribution in [3.05, 3.63) is 27.4 Å². The zero-order valence-corrected chi connectivity index (χ0v) is 11.5. The van der Waals surface area contributed by atoms with Crippen LogP contribution < -0.4 is 4.90 Å². The van der Waals surface area contributed by atoms with Gasteiger partial charge in [-0.25, -0.2) is 4.98 Å². The van der Waals surface area contributed by atoms with E-state index in [0.717, 1.165) is 25.9 Å². The molecule has 0 saturated carbocycles. The first-order valence-corrected chi connectivity index (χ1v) is 6.66. The molecule has 2 rings (SSSR count). The van der Waals surface area contributed by atoms with E-state index in [9.17, 15) is 10.1 Å². The van der Waals surface area contributed by atoms with E-state index in [4.69, 9.17) is 16.3 Å². The summed E-state index contributed by atoms with van der Waals surface area (Å²) in [5.74, 6) is 0.564. The number of aromatic nitrogens is 1. The molecule has 0 unspecified atom stereocenters. The molecular weight excluding hydrogens is 270 g/mol. The summed E-state index contributed by atoms with van der Waals surface area (Å²) in [5.41, 5.74) is -0.0260. The van der Waals surface area contributed by atoms with Crippen molar-refractivity contribution in [3.63, 3.8) is 0 Å². The predicted molar refractivity (Wildman–Crippen MR) is 72.8 cm³/mol. The van der Waals surface area contributed by atoms with Crippen molar-refractivity contribution in [1.82, 2.24) is 4.98 Å². The summed E-state index contributed by atoms with van der Waals surface area (Å²) in [4.78, 5) is 16.5. The third-order valence-corrected chi connectivity index (χ3v) is 3.34. The second-order valence-corrected chi connectivity index (χ2v) is 4.79. The Morgan fingerprint density at radius 1 is 1.53 bits per heavy atom. The Balaban J connectivity index is 2.09. The number of hydrogen-bond acceptors (Lipinski definition) is 5. The summed E-state index contributed by atoms with van der Waals surface area (Å²) in [6.07, 6.45) is 2.07. The molecule has 6 nitrogen and oxygen atoms in total. The van der Waals surface area contributed by atoms with Gasteiger partial charge in [-0.05, 0) is 19.8 Å². The van der Waals surface area contributed by atoms with Crippen molar-refractivity contribution in [2.75, 3.05) is 24.6 Å². The van der Waals surface area contributed by atoms with Gasteiger partial charge in [-0.2, -0.15) is 0 Å². The maximum atomic E-state index is 10.8. The molecule has 1 fully saturated rings. The summed E-state index contributed by atoms with van der Waals surface area (Å²) in [7, 11) is 0. The molecule has 0 amide bonds. The number of halogens is 1. The van der Waals surface area contributed by atoms with E-state index in [-0.39, 0.29) is 16.9 Å². The molecule has 0 spiro atoms. The van der Waals surface area contributed by atoms with Crippen LogP contribution >= 0.6 is 11.6 Å². The molecule has 0 radical (unpaired) electrons. The van der Waals surface area contributed by atoms with Crippen LogP contribution in [0.5, 0.6) is 0 Å². The van der Waals surface area contributed by atoms with Crippen molar-refractivity contribution in [3.8, 4) is 0 Å². The highest BCUT2D eigenvalue weighted by molar-refractivity contribution is 6.29. The van der Waals surface area contributed by atoms with Crippen LogP contribution in [0.2, 0.25) is 5.15 Å². The molecule has 1 aliphatic heterocycles. The lowest BCUT2D eigenvalue weighted by atomic mass is 10.1. The minimum Gasteiger partial charge on any atom is -0.378 e. The van der Waals surface area contributed by atoms with E-state index in [2.05, 4.69) is 4.98 Å². The Morgan fingerprint density at radius 2 is 2.21 bits per heavy atom. The van der Waals surface area contributed by atoms with Gasteiger partial charge in [0.05, 0.1) is 23.2 Å². The fourth-order valence-electron chi connectivity index (χ4n) is 2.22. The van der Waals surface area contributed by atoms with Gasteiger partial charge >= 0.3 is 0 Å². The van der Waals surface area contributed by atoms with Crippen molar-refractivity contribution >= 4 is 23.1 Å². The van der Waals surface area contributed by atoms with E-state index < -0.39 is 4.92 Å². The standard InChI is InChI=1S/C12H16ClN3O3/c1-2-19-10-3-5-15(6-4-10)12-8-9(16(17)18)7-11(13)14-12/h7-8,10H,2-6H2,1H3. The fraction of sp³-hybridized carbons (Fsp3) is 0.583. The molecule has 19 heavy (non-hydrogen) atoms. The van der Waals surface area contributed by atoms with E-state index in [1.54, 1.807) is 0 Å². The largest absolute Gasteiger partial charge is 0.378 e. The number of anilines is 1. The van der Waals surface area contributed by atoms with Gasteiger partial charge in [0.25, 0.3) is 5.69 Å². The van der Waals surface area contributed by atoms with Crippen LogP contribution in [-0.4, -0.2) is 35.7 Å². The molecule has 2 heterocycles. The minimum atomic E-state index is -0.454. The average molecular weight is 286 g/mol. The molecule has 0 aliphatic carbocycles. The molecular formula is C12H16ClN3O3. The molecule has 7 heteroatoms. The highest BCUT2D eigenvalue weighted by Gasteiger charge is 2.22. The molecule has 1 aromatic rings. The first-order chi connectivity index (χ1) is 9.10. The summed E-state index contributed by atoms with van der Waals surface area (Å²) >= 11 is 5.82. The summed E-state index contributed by atoms with van der Waals surface area (Å²) in [6, 6.07) is 2.73. The maximum Gasteiger partial charge on any atom is 0.276 e. The van der Waals surface area contributed by atoms with Gasteiger partial charge in [-0.3, -0.25) is 10.1 Å². The third kappa shape index (κ3) is 3.54. The Labute approximate surface area is 116 Å². The lowest BCUT2D eigenvalue weighted by Gasteiger charge is -2.32. The zero-order valence-electron chi connectivity index (χ0n) is 10.7. The molecule has 104 valence electrons. The maximum absolute atomic E-state index is 10.8. The Bertz CT molecular complexity index is 462. The summed E-state index contributed by atoms with van der Waals surface area (Å²) in [6.45, 7) is 4.24. The van der Waals surface area contributed by atoms with Gasteiger partial charge in [0, 0.05) is 19.7 Å². The average Bonchev–Trinajstić information content (AvgIpc) is 2.39. The Morgan fingerprint density at radius 3 is 2.79 bits per heavy atom.